The highest BCUT2D eigenvalue weighted by molar-refractivity contribution is 7.91. The molecular weight excluding hydrogens is 414 g/mol. The second-order valence-electron chi connectivity index (χ2n) is 7.10. The summed E-state index contributed by atoms with van der Waals surface area (Å²) in [7, 11) is -3.65. The summed E-state index contributed by atoms with van der Waals surface area (Å²) in [4.78, 5) is 17.3. The molecule has 2 aromatic heterocycles. The molecule has 1 aliphatic heterocycles. The quantitative estimate of drug-likeness (QED) is 0.649. The van der Waals surface area contributed by atoms with E-state index in [1.54, 1.807) is 17.5 Å². The molecule has 0 saturated carbocycles. The monoisotopic (exact) mass is 435 g/mol. The van der Waals surface area contributed by atoms with Gasteiger partial charge in [-0.15, -0.1) is 11.3 Å². The molecule has 0 unspecified atom stereocenters. The number of aromatic nitrogens is 1. The van der Waals surface area contributed by atoms with Crippen LogP contribution in [-0.2, 0) is 14.8 Å². The Hall–Kier alpha value is -1.81. The number of nitrogens with one attached hydrogen (secondary N) is 1. The molecular formula is C19H21N3O3S3. The van der Waals surface area contributed by atoms with Crippen molar-refractivity contribution in [3.63, 3.8) is 0 Å². The molecule has 3 aromatic rings. The summed E-state index contributed by atoms with van der Waals surface area (Å²) in [6, 6.07) is 8.67. The third-order valence-corrected chi connectivity index (χ3v) is 9.09. The van der Waals surface area contributed by atoms with Crippen molar-refractivity contribution in [1.29, 1.82) is 0 Å². The molecule has 0 bridgehead atoms. The van der Waals surface area contributed by atoms with Gasteiger partial charge in [0.15, 0.2) is 5.13 Å². The first-order valence-corrected chi connectivity index (χ1v) is 12.3. The molecule has 3 heterocycles. The number of carbonyl (C=O) groups excluding carboxylic acids is 1. The van der Waals surface area contributed by atoms with Crippen LogP contribution in [0.1, 0.15) is 38.2 Å². The Morgan fingerprint density at radius 3 is 2.86 bits per heavy atom. The Morgan fingerprint density at radius 1 is 1.32 bits per heavy atom. The Bertz CT molecular complexity index is 1100. The number of amides is 1. The van der Waals surface area contributed by atoms with E-state index in [0.29, 0.717) is 30.4 Å². The van der Waals surface area contributed by atoms with E-state index in [-0.39, 0.29) is 10.1 Å². The lowest BCUT2D eigenvalue weighted by molar-refractivity contribution is -0.119. The van der Waals surface area contributed by atoms with Gasteiger partial charge in [0.25, 0.3) is 10.0 Å². The minimum absolute atomic E-state index is 0.272. The van der Waals surface area contributed by atoms with Crippen LogP contribution in [0.4, 0.5) is 5.13 Å². The molecule has 1 amide bonds. The fraction of sp³-hybridized carbons (Fsp3) is 0.368. The third-order valence-electron chi connectivity index (χ3n) is 4.87. The smallest absolute Gasteiger partial charge is 0.253 e. The molecule has 1 aliphatic rings. The van der Waals surface area contributed by atoms with Crippen LogP contribution in [0, 0.1) is 0 Å². The number of benzene rings is 1. The number of nitrogens with zero attached hydrogens (tertiary/aromatic N) is 2. The molecule has 0 spiro atoms. The summed E-state index contributed by atoms with van der Waals surface area (Å²) in [6.45, 7) is 4.62. The molecule has 1 saturated heterocycles. The van der Waals surface area contributed by atoms with Crippen molar-refractivity contribution in [3.05, 3.63) is 41.3 Å². The molecule has 9 heteroatoms. The maximum atomic E-state index is 12.8. The summed E-state index contributed by atoms with van der Waals surface area (Å²) < 4.78 is 28.3. The summed E-state index contributed by atoms with van der Waals surface area (Å²) in [5.41, 5.74) is 2.05. The second-order valence-corrected chi connectivity index (χ2v) is 11.2. The van der Waals surface area contributed by atoms with Gasteiger partial charge in [-0.3, -0.25) is 4.79 Å². The van der Waals surface area contributed by atoms with Crippen molar-refractivity contribution >= 4 is 54.0 Å². The number of hydrogen-bond acceptors (Lipinski definition) is 6. The lowest BCUT2D eigenvalue weighted by atomic mass is 10.0. The van der Waals surface area contributed by atoms with Crippen molar-refractivity contribution in [2.24, 2.45) is 0 Å². The van der Waals surface area contributed by atoms with E-state index in [4.69, 9.17) is 0 Å². The first kappa shape index (κ1) is 19.5. The number of rotatable bonds is 5. The van der Waals surface area contributed by atoms with E-state index in [0.717, 1.165) is 10.2 Å². The molecule has 0 aliphatic carbocycles. The van der Waals surface area contributed by atoms with Gasteiger partial charge in [0, 0.05) is 6.54 Å². The van der Waals surface area contributed by atoms with Gasteiger partial charge < -0.3 is 5.32 Å². The molecule has 6 nitrogen and oxygen atoms in total. The first-order valence-electron chi connectivity index (χ1n) is 9.13. The van der Waals surface area contributed by atoms with Crippen molar-refractivity contribution < 1.29 is 13.2 Å². The van der Waals surface area contributed by atoms with E-state index >= 15 is 0 Å². The number of fused-ring (bicyclic) bond motifs is 1. The number of sulfonamides is 1. The maximum absolute atomic E-state index is 12.8. The van der Waals surface area contributed by atoms with Crippen LogP contribution in [0.2, 0.25) is 0 Å². The molecule has 1 aromatic carbocycles. The van der Waals surface area contributed by atoms with Crippen molar-refractivity contribution in [2.75, 3.05) is 11.9 Å². The summed E-state index contributed by atoms with van der Waals surface area (Å²) >= 11 is 2.58. The zero-order valence-electron chi connectivity index (χ0n) is 15.6. The SMILES string of the molecule is CC(C)c1ccc2nc(NC(=O)[C@H]3CCCN3S(=O)(=O)c3cccs3)sc2c1. The average molecular weight is 436 g/mol. The average Bonchev–Trinajstić information content (AvgIpc) is 3.39. The van der Waals surface area contributed by atoms with E-state index in [1.807, 2.05) is 12.1 Å². The highest BCUT2D eigenvalue weighted by Crippen LogP contribution is 2.32. The summed E-state index contributed by atoms with van der Waals surface area (Å²) in [5, 5.41) is 5.06. The van der Waals surface area contributed by atoms with Crippen LogP contribution in [0.5, 0.6) is 0 Å². The van der Waals surface area contributed by atoms with Gasteiger partial charge in [-0.2, -0.15) is 4.31 Å². The normalized spacial score (nSPS) is 18.2. The van der Waals surface area contributed by atoms with Gasteiger partial charge in [-0.1, -0.05) is 37.3 Å². The summed E-state index contributed by atoms with van der Waals surface area (Å²) in [5.74, 6) is 0.0971. The third kappa shape index (κ3) is 3.59. The van der Waals surface area contributed by atoms with E-state index in [1.165, 1.54) is 32.5 Å². The Balaban J connectivity index is 1.55. The van der Waals surface area contributed by atoms with Gasteiger partial charge in [0.2, 0.25) is 5.91 Å². The van der Waals surface area contributed by atoms with Crippen LogP contribution in [0.25, 0.3) is 10.2 Å². The van der Waals surface area contributed by atoms with Crippen LogP contribution in [-0.4, -0.2) is 36.2 Å². The lowest BCUT2D eigenvalue weighted by Crippen LogP contribution is -2.42. The standard InChI is InChI=1S/C19H21N3O3S3/c1-12(2)13-7-8-14-16(11-13)27-19(20-14)21-18(23)15-5-3-9-22(15)28(24,25)17-6-4-10-26-17/h4,6-8,10-12,15H,3,5,9H2,1-2H3,(H,20,21,23)/t15-/m1/s1. The maximum Gasteiger partial charge on any atom is 0.253 e. The number of carbonyl (C=O) groups is 1. The largest absolute Gasteiger partial charge is 0.301 e. The van der Waals surface area contributed by atoms with Crippen LogP contribution < -0.4 is 5.32 Å². The fourth-order valence-electron chi connectivity index (χ4n) is 3.36. The minimum Gasteiger partial charge on any atom is -0.301 e. The molecule has 1 atom stereocenters. The highest BCUT2D eigenvalue weighted by Gasteiger charge is 2.40. The lowest BCUT2D eigenvalue weighted by Gasteiger charge is -2.22. The van der Waals surface area contributed by atoms with Crippen molar-refractivity contribution in [1.82, 2.24) is 9.29 Å². The second kappa shape index (κ2) is 7.55. The summed E-state index contributed by atoms with van der Waals surface area (Å²) in [6.07, 6.45) is 1.18. The van der Waals surface area contributed by atoms with Crippen LogP contribution >= 0.6 is 22.7 Å². The van der Waals surface area contributed by atoms with Crippen LogP contribution in [0.15, 0.2) is 39.9 Å². The molecule has 148 valence electrons. The zero-order chi connectivity index (χ0) is 19.9. The molecule has 1 N–H and O–H groups in total. The number of thiophene rings is 1. The Kier molecular flexibility index (Phi) is 5.26. The number of thiazole rings is 1. The highest BCUT2D eigenvalue weighted by atomic mass is 32.2. The van der Waals surface area contributed by atoms with E-state index in [2.05, 4.69) is 30.2 Å². The van der Waals surface area contributed by atoms with Crippen LogP contribution in [0.3, 0.4) is 0 Å². The topological polar surface area (TPSA) is 79.4 Å². The van der Waals surface area contributed by atoms with Gasteiger partial charge >= 0.3 is 0 Å². The molecule has 0 radical (unpaired) electrons. The van der Waals surface area contributed by atoms with Gasteiger partial charge in [0.1, 0.15) is 10.3 Å². The predicted molar refractivity (Wildman–Crippen MR) is 114 cm³/mol. The van der Waals surface area contributed by atoms with Gasteiger partial charge in [-0.05, 0) is 47.9 Å². The van der Waals surface area contributed by atoms with Crippen molar-refractivity contribution in [3.8, 4) is 0 Å². The molecule has 28 heavy (non-hydrogen) atoms. The molecule has 1 fully saturated rings. The predicted octanol–water partition coefficient (Wildman–Crippen LogP) is 4.27. The van der Waals surface area contributed by atoms with Crippen molar-refractivity contribution in [2.45, 2.75) is 42.9 Å². The number of hydrogen-bond donors (Lipinski definition) is 1. The first-order chi connectivity index (χ1) is 13.4. The number of anilines is 1. The van der Waals surface area contributed by atoms with Gasteiger partial charge in [-0.25, -0.2) is 13.4 Å². The molecule has 4 rings (SSSR count). The zero-order valence-corrected chi connectivity index (χ0v) is 18.0. The van der Waals surface area contributed by atoms with E-state index in [9.17, 15) is 13.2 Å². The Labute approximate surface area is 172 Å². The van der Waals surface area contributed by atoms with Gasteiger partial charge in [0.05, 0.1) is 10.2 Å². The minimum atomic E-state index is -3.65. The van der Waals surface area contributed by atoms with E-state index < -0.39 is 16.1 Å². The fourth-order valence-corrected chi connectivity index (χ4v) is 7.05. The Morgan fingerprint density at radius 2 is 2.14 bits per heavy atom.